The molecule has 5 nitrogen and oxygen atoms in total. The fourth-order valence-electron chi connectivity index (χ4n) is 2.10. The van der Waals surface area contributed by atoms with E-state index in [0.717, 1.165) is 16.9 Å². The molecule has 0 fully saturated rings. The van der Waals surface area contributed by atoms with Crippen molar-refractivity contribution in [2.45, 2.75) is 19.6 Å². The molecule has 0 aliphatic carbocycles. The summed E-state index contributed by atoms with van der Waals surface area (Å²) in [6, 6.07) is 5.16. The fraction of sp³-hybridized carbons (Fsp3) is 0.286. The largest absolute Gasteiger partial charge is 0.477 e. The van der Waals surface area contributed by atoms with Gasteiger partial charge in [-0.15, -0.1) is 22.7 Å². The van der Waals surface area contributed by atoms with Gasteiger partial charge in [-0.1, -0.05) is 0 Å². The minimum atomic E-state index is -0.941. The van der Waals surface area contributed by atoms with Crippen LogP contribution >= 0.6 is 22.7 Å². The van der Waals surface area contributed by atoms with Crippen LogP contribution in [0.4, 0.5) is 0 Å². The van der Waals surface area contributed by atoms with Crippen molar-refractivity contribution in [3.63, 3.8) is 0 Å². The molecule has 3 rings (SSSR count). The third-order valence-electron chi connectivity index (χ3n) is 3.15. The summed E-state index contributed by atoms with van der Waals surface area (Å²) in [6.45, 7) is 1.63. The van der Waals surface area contributed by atoms with Crippen molar-refractivity contribution in [1.29, 1.82) is 0 Å². The van der Waals surface area contributed by atoms with Gasteiger partial charge in [0, 0.05) is 16.2 Å². The van der Waals surface area contributed by atoms with Gasteiger partial charge >= 0.3 is 5.97 Å². The van der Waals surface area contributed by atoms with E-state index in [-0.39, 0.29) is 10.8 Å². The number of nitrogens with one attached hydrogen (secondary N) is 1. The Kier molecular flexibility index (Phi) is 4.05. The molecule has 0 radical (unpaired) electrons. The lowest BCUT2D eigenvalue weighted by Gasteiger charge is -2.10. The van der Waals surface area contributed by atoms with Crippen LogP contribution in [0.1, 0.15) is 34.7 Å². The standard InChI is InChI=1S/C14H13NO4S2/c16-13(12-5-8-7-19-4-3-10(8)21-12)15-6-9-1-2-11(20-9)14(17)18/h1-2,5H,3-4,6-7H2,(H,15,16)(H,17,18). The SMILES string of the molecule is O=C(O)c1ccc(CNC(=O)c2cc3c(s2)CCOC3)s1. The second-order valence-electron chi connectivity index (χ2n) is 4.62. The molecule has 0 bridgehead atoms. The van der Waals surface area contributed by atoms with E-state index in [0.29, 0.717) is 24.6 Å². The van der Waals surface area contributed by atoms with Gasteiger partial charge in [0.15, 0.2) is 0 Å². The number of carboxylic acids is 1. The van der Waals surface area contributed by atoms with Crippen LogP contribution in [0.5, 0.6) is 0 Å². The van der Waals surface area contributed by atoms with Gasteiger partial charge in [0.1, 0.15) is 4.88 Å². The van der Waals surface area contributed by atoms with Gasteiger partial charge in [0.25, 0.3) is 5.91 Å². The minimum absolute atomic E-state index is 0.125. The molecule has 2 aromatic rings. The van der Waals surface area contributed by atoms with E-state index in [1.165, 1.54) is 27.6 Å². The van der Waals surface area contributed by atoms with Crippen LogP contribution < -0.4 is 5.32 Å². The number of carboxylic acid groups (broad SMARTS) is 1. The monoisotopic (exact) mass is 323 g/mol. The van der Waals surface area contributed by atoms with E-state index < -0.39 is 5.97 Å². The molecule has 7 heteroatoms. The topological polar surface area (TPSA) is 75.6 Å². The highest BCUT2D eigenvalue weighted by Crippen LogP contribution is 2.27. The Labute approximate surface area is 129 Å². The number of carbonyl (C=O) groups is 2. The molecule has 2 aromatic heterocycles. The average Bonchev–Trinajstić information content (AvgIpc) is 3.11. The number of hydrogen-bond acceptors (Lipinski definition) is 5. The summed E-state index contributed by atoms with van der Waals surface area (Å²) < 4.78 is 5.36. The highest BCUT2D eigenvalue weighted by Gasteiger charge is 2.17. The Hall–Kier alpha value is -1.70. The van der Waals surface area contributed by atoms with Gasteiger partial charge in [-0.25, -0.2) is 4.79 Å². The second kappa shape index (κ2) is 5.97. The van der Waals surface area contributed by atoms with Gasteiger partial charge < -0.3 is 15.2 Å². The molecule has 0 saturated heterocycles. The number of aromatic carboxylic acids is 1. The summed E-state index contributed by atoms with van der Waals surface area (Å²) in [5, 5.41) is 11.7. The van der Waals surface area contributed by atoms with Crippen molar-refractivity contribution in [1.82, 2.24) is 5.32 Å². The van der Waals surface area contributed by atoms with Gasteiger partial charge in [0.2, 0.25) is 0 Å². The van der Waals surface area contributed by atoms with Gasteiger partial charge in [-0.05, 0) is 23.8 Å². The Morgan fingerprint density at radius 3 is 2.86 bits per heavy atom. The number of amides is 1. The molecule has 0 spiro atoms. The normalized spacial score (nSPS) is 13.7. The smallest absolute Gasteiger partial charge is 0.345 e. The average molecular weight is 323 g/mol. The first-order chi connectivity index (χ1) is 10.1. The zero-order valence-electron chi connectivity index (χ0n) is 11.0. The van der Waals surface area contributed by atoms with Crippen molar-refractivity contribution in [3.05, 3.63) is 43.3 Å². The van der Waals surface area contributed by atoms with Crippen molar-refractivity contribution >= 4 is 34.6 Å². The summed E-state index contributed by atoms with van der Waals surface area (Å²) in [5.41, 5.74) is 1.10. The quantitative estimate of drug-likeness (QED) is 0.906. The molecule has 1 aliphatic rings. The second-order valence-corrected chi connectivity index (χ2v) is 6.92. The van der Waals surface area contributed by atoms with Crippen LogP contribution in [0.3, 0.4) is 0 Å². The van der Waals surface area contributed by atoms with Gasteiger partial charge in [-0.2, -0.15) is 0 Å². The summed E-state index contributed by atoms with van der Waals surface area (Å²) in [4.78, 5) is 25.9. The molecule has 0 atom stereocenters. The predicted molar refractivity (Wildman–Crippen MR) is 80.1 cm³/mol. The Balaban J connectivity index is 1.63. The number of rotatable bonds is 4. The summed E-state index contributed by atoms with van der Waals surface area (Å²) >= 11 is 2.68. The molecule has 2 N–H and O–H groups in total. The predicted octanol–water partition coefficient (Wildman–Crippen LogP) is 2.51. The number of ether oxygens (including phenoxy) is 1. The van der Waals surface area contributed by atoms with Crippen LogP contribution in [0.15, 0.2) is 18.2 Å². The van der Waals surface area contributed by atoms with E-state index in [1.807, 2.05) is 6.07 Å². The minimum Gasteiger partial charge on any atom is -0.477 e. The number of thiophene rings is 2. The van der Waals surface area contributed by atoms with Crippen molar-refractivity contribution in [3.8, 4) is 0 Å². The molecule has 1 amide bonds. The maximum atomic E-state index is 12.1. The number of fused-ring (bicyclic) bond motifs is 1. The van der Waals surface area contributed by atoms with Crippen LogP contribution in [-0.2, 0) is 24.3 Å². The highest BCUT2D eigenvalue weighted by atomic mass is 32.1. The van der Waals surface area contributed by atoms with E-state index in [4.69, 9.17) is 9.84 Å². The van der Waals surface area contributed by atoms with E-state index in [2.05, 4.69) is 5.32 Å². The summed E-state index contributed by atoms with van der Waals surface area (Å²) in [5.74, 6) is -1.07. The number of carbonyl (C=O) groups excluding carboxylic acids is 1. The maximum Gasteiger partial charge on any atom is 0.345 e. The lowest BCUT2D eigenvalue weighted by atomic mass is 10.2. The van der Waals surface area contributed by atoms with Crippen LogP contribution in [0, 0.1) is 0 Å². The zero-order chi connectivity index (χ0) is 14.8. The first kappa shape index (κ1) is 14.2. The lowest BCUT2D eigenvalue weighted by molar-refractivity contribution is 0.0702. The first-order valence-electron chi connectivity index (χ1n) is 6.43. The molecule has 0 aromatic carbocycles. The lowest BCUT2D eigenvalue weighted by Crippen LogP contribution is -2.21. The Morgan fingerprint density at radius 1 is 1.29 bits per heavy atom. The molecular weight excluding hydrogens is 310 g/mol. The molecular formula is C14H13NO4S2. The molecule has 0 unspecified atom stereocenters. The first-order valence-corrected chi connectivity index (χ1v) is 8.06. The van der Waals surface area contributed by atoms with Crippen molar-refractivity contribution < 1.29 is 19.4 Å². The van der Waals surface area contributed by atoms with Crippen LogP contribution in [0.25, 0.3) is 0 Å². The Morgan fingerprint density at radius 2 is 2.14 bits per heavy atom. The van der Waals surface area contributed by atoms with Crippen LogP contribution in [-0.4, -0.2) is 23.6 Å². The molecule has 3 heterocycles. The molecule has 21 heavy (non-hydrogen) atoms. The fourth-order valence-corrected chi connectivity index (χ4v) is 3.95. The van der Waals surface area contributed by atoms with Gasteiger partial charge in [-0.3, -0.25) is 4.79 Å². The van der Waals surface area contributed by atoms with Gasteiger partial charge in [0.05, 0.1) is 24.6 Å². The van der Waals surface area contributed by atoms with E-state index >= 15 is 0 Å². The zero-order valence-corrected chi connectivity index (χ0v) is 12.7. The molecule has 0 saturated carbocycles. The summed E-state index contributed by atoms with van der Waals surface area (Å²) in [7, 11) is 0. The van der Waals surface area contributed by atoms with E-state index in [1.54, 1.807) is 12.1 Å². The maximum absolute atomic E-state index is 12.1. The van der Waals surface area contributed by atoms with Crippen molar-refractivity contribution in [2.24, 2.45) is 0 Å². The molecule has 110 valence electrons. The Bertz CT molecular complexity index is 665. The van der Waals surface area contributed by atoms with Crippen molar-refractivity contribution in [2.75, 3.05) is 6.61 Å². The highest BCUT2D eigenvalue weighted by molar-refractivity contribution is 7.14. The third-order valence-corrected chi connectivity index (χ3v) is 5.46. The van der Waals surface area contributed by atoms with Crippen LogP contribution in [0.2, 0.25) is 0 Å². The molecule has 1 aliphatic heterocycles. The van der Waals surface area contributed by atoms with E-state index in [9.17, 15) is 9.59 Å². The number of hydrogen-bond donors (Lipinski definition) is 2. The third kappa shape index (κ3) is 3.15. The summed E-state index contributed by atoms with van der Waals surface area (Å²) in [6.07, 6.45) is 0.861.